The van der Waals surface area contributed by atoms with Gasteiger partial charge in [-0.2, -0.15) is 0 Å². The number of para-hydroxylation sites is 1. The van der Waals surface area contributed by atoms with Crippen LogP contribution in [0, 0.1) is 0 Å². The van der Waals surface area contributed by atoms with Crippen LogP contribution in [-0.4, -0.2) is 58.1 Å². The third-order valence-electron chi connectivity index (χ3n) is 4.76. The standard InChI is InChI=1S/C23H32N4O2/c1-17(20-11-6-7-12-21(20)29-5)16-26-23(24-2)25-14-13-18-9-8-10-19(15-18)22(28)27(3)4/h6-12,15,17H,13-14,16H2,1-5H3,(H2,24,25,26). The number of benzene rings is 2. The molecule has 0 spiro atoms. The van der Waals surface area contributed by atoms with E-state index in [0.717, 1.165) is 36.8 Å². The van der Waals surface area contributed by atoms with Crippen molar-refractivity contribution in [2.75, 3.05) is 41.3 Å². The number of amides is 1. The Morgan fingerprint density at radius 2 is 1.90 bits per heavy atom. The topological polar surface area (TPSA) is 66.0 Å². The van der Waals surface area contributed by atoms with Gasteiger partial charge in [0, 0.05) is 45.7 Å². The zero-order chi connectivity index (χ0) is 21.2. The van der Waals surface area contributed by atoms with Crippen molar-refractivity contribution in [1.82, 2.24) is 15.5 Å². The number of hydrogen-bond acceptors (Lipinski definition) is 3. The van der Waals surface area contributed by atoms with Gasteiger partial charge in [0.25, 0.3) is 5.91 Å². The molecule has 2 N–H and O–H groups in total. The third-order valence-corrected chi connectivity index (χ3v) is 4.76. The van der Waals surface area contributed by atoms with Gasteiger partial charge in [0.15, 0.2) is 5.96 Å². The second-order valence-corrected chi connectivity index (χ2v) is 7.17. The summed E-state index contributed by atoms with van der Waals surface area (Å²) in [6, 6.07) is 15.8. The summed E-state index contributed by atoms with van der Waals surface area (Å²) in [6.45, 7) is 3.63. The number of carbonyl (C=O) groups is 1. The summed E-state index contributed by atoms with van der Waals surface area (Å²) in [4.78, 5) is 18.0. The normalized spacial score (nSPS) is 12.2. The lowest BCUT2D eigenvalue weighted by Gasteiger charge is -2.18. The van der Waals surface area contributed by atoms with E-state index >= 15 is 0 Å². The van der Waals surface area contributed by atoms with Crippen LogP contribution in [0.5, 0.6) is 5.75 Å². The van der Waals surface area contributed by atoms with E-state index in [1.165, 1.54) is 5.56 Å². The molecule has 0 radical (unpaired) electrons. The molecule has 0 aromatic heterocycles. The van der Waals surface area contributed by atoms with Gasteiger partial charge in [-0.05, 0) is 35.7 Å². The summed E-state index contributed by atoms with van der Waals surface area (Å²) in [5, 5.41) is 6.71. The first-order chi connectivity index (χ1) is 14.0. The van der Waals surface area contributed by atoms with Crippen molar-refractivity contribution in [3.63, 3.8) is 0 Å². The molecule has 2 aromatic carbocycles. The van der Waals surface area contributed by atoms with E-state index in [0.29, 0.717) is 5.56 Å². The van der Waals surface area contributed by atoms with Crippen molar-refractivity contribution in [3.8, 4) is 5.75 Å². The molecule has 0 aliphatic heterocycles. The molecule has 0 heterocycles. The molecule has 6 heteroatoms. The maximum Gasteiger partial charge on any atom is 0.253 e. The first-order valence-corrected chi connectivity index (χ1v) is 9.84. The van der Waals surface area contributed by atoms with Crippen molar-refractivity contribution >= 4 is 11.9 Å². The smallest absolute Gasteiger partial charge is 0.253 e. The molecule has 0 bridgehead atoms. The highest BCUT2D eigenvalue weighted by molar-refractivity contribution is 5.94. The Balaban J connectivity index is 1.85. The largest absolute Gasteiger partial charge is 0.496 e. The van der Waals surface area contributed by atoms with Crippen LogP contribution in [-0.2, 0) is 6.42 Å². The average molecular weight is 397 g/mol. The summed E-state index contributed by atoms with van der Waals surface area (Å²) >= 11 is 0. The number of methoxy groups -OCH3 is 1. The Labute approximate surface area is 174 Å². The van der Waals surface area contributed by atoms with E-state index in [2.05, 4.69) is 28.6 Å². The van der Waals surface area contributed by atoms with Gasteiger partial charge in [0.1, 0.15) is 5.75 Å². The van der Waals surface area contributed by atoms with E-state index in [1.54, 1.807) is 33.2 Å². The first-order valence-electron chi connectivity index (χ1n) is 9.84. The Morgan fingerprint density at radius 3 is 2.59 bits per heavy atom. The molecule has 6 nitrogen and oxygen atoms in total. The van der Waals surface area contributed by atoms with Crippen molar-refractivity contribution < 1.29 is 9.53 Å². The maximum absolute atomic E-state index is 12.1. The fourth-order valence-corrected chi connectivity index (χ4v) is 3.10. The number of carbonyl (C=O) groups excluding carboxylic acids is 1. The zero-order valence-electron chi connectivity index (χ0n) is 18.0. The first kappa shape index (κ1) is 22.3. The highest BCUT2D eigenvalue weighted by atomic mass is 16.5. The van der Waals surface area contributed by atoms with Crippen LogP contribution in [0.1, 0.15) is 34.3 Å². The molecule has 29 heavy (non-hydrogen) atoms. The minimum Gasteiger partial charge on any atom is -0.496 e. The molecule has 156 valence electrons. The second-order valence-electron chi connectivity index (χ2n) is 7.17. The lowest BCUT2D eigenvalue weighted by Crippen LogP contribution is -2.40. The van der Waals surface area contributed by atoms with Gasteiger partial charge in [-0.3, -0.25) is 9.79 Å². The van der Waals surface area contributed by atoms with Crippen molar-refractivity contribution in [2.45, 2.75) is 19.3 Å². The van der Waals surface area contributed by atoms with Crippen LogP contribution in [0.2, 0.25) is 0 Å². The van der Waals surface area contributed by atoms with Gasteiger partial charge in [-0.25, -0.2) is 0 Å². The molecule has 2 rings (SSSR count). The summed E-state index contributed by atoms with van der Waals surface area (Å²) in [5.74, 6) is 1.95. The predicted molar refractivity (Wildman–Crippen MR) is 119 cm³/mol. The minimum absolute atomic E-state index is 0.0163. The van der Waals surface area contributed by atoms with Crippen molar-refractivity contribution in [3.05, 3.63) is 65.2 Å². The number of nitrogens with zero attached hydrogens (tertiary/aromatic N) is 2. The lowest BCUT2D eigenvalue weighted by molar-refractivity contribution is 0.0827. The van der Waals surface area contributed by atoms with Gasteiger partial charge in [-0.15, -0.1) is 0 Å². The quantitative estimate of drug-likeness (QED) is 0.532. The molecular weight excluding hydrogens is 364 g/mol. The molecule has 0 fully saturated rings. The Bertz CT molecular complexity index is 833. The average Bonchev–Trinajstić information content (AvgIpc) is 2.75. The Morgan fingerprint density at radius 1 is 1.14 bits per heavy atom. The van der Waals surface area contributed by atoms with Crippen LogP contribution in [0.15, 0.2) is 53.5 Å². The molecule has 0 saturated heterocycles. The van der Waals surface area contributed by atoms with Crippen LogP contribution >= 0.6 is 0 Å². The fraction of sp³-hybridized carbons (Fsp3) is 0.391. The highest BCUT2D eigenvalue weighted by Gasteiger charge is 2.12. The molecular formula is C23H32N4O2. The molecule has 2 aromatic rings. The van der Waals surface area contributed by atoms with Crippen molar-refractivity contribution in [1.29, 1.82) is 0 Å². The number of rotatable bonds is 8. The van der Waals surface area contributed by atoms with Gasteiger partial charge in [0.2, 0.25) is 0 Å². The molecule has 0 saturated carbocycles. The van der Waals surface area contributed by atoms with E-state index in [-0.39, 0.29) is 11.8 Å². The van der Waals surface area contributed by atoms with Crippen LogP contribution in [0.4, 0.5) is 0 Å². The van der Waals surface area contributed by atoms with Gasteiger partial charge >= 0.3 is 0 Å². The minimum atomic E-state index is 0.0163. The van der Waals surface area contributed by atoms with Crippen LogP contribution in [0.25, 0.3) is 0 Å². The third kappa shape index (κ3) is 6.52. The number of nitrogens with one attached hydrogen (secondary N) is 2. The van der Waals surface area contributed by atoms with E-state index < -0.39 is 0 Å². The molecule has 0 aliphatic carbocycles. The van der Waals surface area contributed by atoms with E-state index in [4.69, 9.17) is 4.74 Å². The van der Waals surface area contributed by atoms with E-state index in [1.807, 2.05) is 42.5 Å². The summed E-state index contributed by atoms with van der Waals surface area (Å²) in [7, 11) is 6.98. The summed E-state index contributed by atoms with van der Waals surface area (Å²) in [5.41, 5.74) is 2.99. The number of ether oxygens (including phenoxy) is 1. The SMILES string of the molecule is CN=C(NCCc1cccc(C(=O)N(C)C)c1)NCC(C)c1ccccc1OC. The lowest BCUT2D eigenvalue weighted by atomic mass is 10.0. The van der Waals surface area contributed by atoms with Crippen LogP contribution < -0.4 is 15.4 Å². The van der Waals surface area contributed by atoms with E-state index in [9.17, 15) is 4.79 Å². The van der Waals surface area contributed by atoms with Gasteiger partial charge in [0.05, 0.1) is 7.11 Å². The molecule has 1 unspecified atom stereocenters. The predicted octanol–water partition coefficient (Wildman–Crippen LogP) is 2.91. The number of aliphatic imine (C=N–C) groups is 1. The summed E-state index contributed by atoms with van der Waals surface area (Å²) < 4.78 is 5.45. The molecule has 1 atom stereocenters. The summed E-state index contributed by atoms with van der Waals surface area (Å²) in [6.07, 6.45) is 0.803. The van der Waals surface area contributed by atoms with Gasteiger partial charge < -0.3 is 20.3 Å². The molecule has 1 amide bonds. The number of guanidine groups is 1. The molecule has 0 aliphatic rings. The number of hydrogen-bond donors (Lipinski definition) is 2. The fourth-order valence-electron chi connectivity index (χ4n) is 3.10. The maximum atomic E-state index is 12.1. The Hall–Kier alpha value is -3.02. The van der Waals surface area contributed by atoms with Gasteiger partial charge in [-0.1, -0.05) is 37.3 Å². The Kier molecular flexibility index (Phi) is 8.52. The second kappa shape index (κ2) is 11.1. The van der Waals surface area contributed by atoms with Crippen molar-refractivity contribution in [2.24, 2.45) is 4.99 Å². The zero-order valence-corrected chi connectivity index (χ0v) is 18.0. The highest BCUT2D eigenvalue weighted by Crippen LogP contribution is 2.25. The monoisotopic (exact) mass is 396 g/mol. The van der Waals surface area contributed by atoms with Crippen LogP contribution in [0.3, 0.4) is 0 Å².